The summed E-state index contributed by atoms with van der Waals surface area (Å²) in [5.74, 6) is -0.435. The highest BCUT2D eigenvalue weighted by Crippen LogP contribution is 2.27. The van der Waals surface area contributed by atoms with E-state index in [0.29, 0.717) is 37.2 Å². The second kappa shape index (κ2) is 9.81. The number of nitrogens with one attached hydrogen (secondary N) is 2. The van der Waals surface area contributed by atoms with Crippen LogP contribution >= 0.6 is 43.5 Å². The Bertz CT molecular complexity index is 1310. The molecule has 5 nitrogen and oxygen atoms in total. The normalized spacial score (nSPS) is 15.2. The number of benzene rings is 2. The Morgan fingerprint density at radius 2 is 1.81 bits per heavy atom. The number of carbonyl (C=O) groups excluding carboxylic acids is 2. The van der Waals surface area contributed by atoms with Crippen molar-refractivity contribution in [3.8, 4) is 11.3 Å². The van der Waals surface area contributed by atoms with Crippen LogP contribution in [0.3, 0.4) is 0 Å². The van der Waals surface area contributed by atoms with Crippen LogP contribution in [0.25, 0.3) is 22.2 Å². The molecule has 0 saturated heterocycles. The number of hydrogen-bond donors (Lipinski definition) is 2. The number of para-hydroxylation sites is 1. The van der Waals surface area contributed by atoms with Crippen LogP contribution in [0.1, 0.15) is 16.8 Å². The molecule has 0 atom stereocenters. The minimum atomic E-state index is -0.305. The van der Waals surface area contributed by atoms with Gasteiger partial charge in [0.1, 0.15) is 0 Å². The van der Waals surface area contributed by atoms with Gasteiger partial charge in [0.2, 0.25) is 5.78 Å². The molecule has 0 saturated carbocycles. The topological polar surface area (TPSA) is 71.1 Å². The average Bonchev–Trinajstić information content (AvgIpc) is 2.92. The Balaban J connectivity index is 1.61. The fourth-order valence-electron chi connectivity index (χ4n) is 3.20. The number of allylic oxidation sites excluding steroid dienone is 5. The lowest BCUT2D eigenvalue weighted by Crippen LogP contribution is -2.34. The second-order valence-electron chi connectivity index (χ2n) is 6.97. The Labute approximate surface area is 206 Å². The highest BCUT2D eigenvalue weighted by atomic mass is 79.9. The van der Waals surface area contributed by atoms with E-state index in [1.165, 1.54) is 0 Å². The van der Waals surface area contributed by atoms with Crippen LogP contribution in [0.4, 0.5) is 0 Å². The number of carbonyl (C=O) groups is 2. The number of ketones is 1. The molecule has 0 aliphatic heterocycles. The Morgan fingerprint density at radius 3 is 2.59 bits per heavy atom. The van der Waals surface area contributed by atoms with Gasteiger partial charge in [-0.3, -0.25) is 15.0 Å². The lowest BCUT2D eigenvalue weighted by atomic mass is 10.0. The van der Waals surface area contributed by atoms with Gasteiger partial charge in [0, 0.05) is 22.2 Å². The van der Waals surface area contributed by atoms with Crippen LogP contribution in [0, 0.1) is 0 Å². The predicted octanol–water partition coefficient (Wildman–Crippen LogP) is 6.20. The van der Waals surface area contributed by atoms with Crippen molar-refractivity contribution < 1.29 is 9.59 Å². The van der Waals surface area contributed by atoms with E-state index in [1.807, 2.05) is 36.4 Å². The Hall–Kier alpha value is -2.74. The SMILES string of the molecule is O=C1C(Br)=CC/C(=C\NNC(=O)c2cc(-c3ccc(Cl)cc3)nc3ccccc23)C=C1Br. The first-order valence-electron chi connectivity index (χ1n) is 9.60. The van der Waals surface area contributed by atoms with Crippen molar-refractivity contribution in [2.45, 2.75) is 6.42 Å². The molecule has 1 amide bonds. The summed E-state index contributed by atoms with van der Waals surface area (Å²) in [6.45, 7) is 0. The summed E-state index contributed by atoms with van der Waals surface area (Å²) in [6.07, 6.45) is 5.67. The van der Waals surface area contributed by atoms with Gasteiger partial charge in [0.05, 0.1) is 25.7 Å². The van der Waals surface area contributed by atoms with Gasteiger partial charge in [-0.05, 0) is 74.2 Å². The highest BCUT2D eigenvalue weighted by molar-refractivity contribution is 9.13. The van der Waals surface area contributed by atoms with Crippen molar-refractivity contribution in [1.82, 2.24) is 15.8 Å². The lowest BCUT2D eigenvalue weighted by molar-refractivity contribution is -0.110. The molecular formula is C24H16Br2ClN3O2. The zero-order chi connectivity index (χ0) is 22.7. The number of aromatic nitrogens is 1. The van der Waals surface area contributed by atoms with Gasteiger partial charge < -0.3 is 5.43 Å². The van der Waals surface area contributed by atoms with E-state index in [9.17, 15) is 9.59 Å². The molecule has 3 aromatic rings. The first kappa shape index (κ1) is 22.5. The zero-order valence-electron chi connectivity index (χ0n) is 16.5. The number of rotatable bonds is 4. The fraction of sp³-hybridized carbons (Fsp3) is 0.0417. The summed E-state index contributed by atoms with van der Waals surface area (Å²) < 4.78 is 0.927. The molecule has 0 unspecified atom stereocenters. The second-order valence-corrected chi connectivity index (χ2v) is 9.12. The van der Waals surface area contributed by atoms with Crippen LogP contribution in [0.5, 0.6) is 0 Å². The lowest BCUT2D eigenvalue weighted by Gasteiger charge is -2.11. The number of Topliss-reactive ketones (excluding diaryl/α,β-unsaturated/α-hetero) is 1. The number of pyridine rings is 1. The van der Waals surface area contributed by atoms with Gasteiger partial charge >= 0.3 is 0 Å². The van der Waals surface area contributed by atoms with E-state index < -0.39 is 0 Å². The largest absolute Gasteiger partial charge is 0.305 e. The molecule has 0 radical (unpaired) electrons. The molecule has 0 bridgehead atoms. The van der Waals surface area contributed by atoms with Crippen molar-refractivity contribution in [2.75, 3.05) is 0 Å². The third kappa shape index (κ3) is 5.01. The molecule has 1 aliphatic carbocycles. The van der Waals surface area contributed by atoms with Gasteiger partial charge in [-0.1, -0.05) is 48.0 Å². The van der Waals surface area contributed by atoms with Gasteiger partial charge in [0.25, 0.3) is 5.91 Å². The molecule has 2 aromatic carbocycles. The number of hydrogen-bond acceptors (Lipinski definition) is 4. The Kier molecular flexibility index (Phi) is 6.89. The number of hydrazine groups is 1. The molecule has 0 fully saturated rings. The van der Waals surface area contributed by atoms with Crippen molar-refractivity contribution in [3.63, 3.8) is 0 Å². The van der Waals surface area contributed by atoms with Crippen LogP contribution in [-0.2, 0) is 4.79 Å². The van der Waals surface area contributed by atoms with E-state index in [4.69, 9.17) is 16.6 Å². The standard InChI is InChI=1S/C24H16Br2ClN3O2/c25-19-10-5-14(11-20(26)23(19)31)13-28-30-24(32)18-12-22(15-6-8-16(27)9-7-15)29-21-4-2-1-3-17(18)21/h1-4,6-13,28H,5H2,(H,30,32)/b14-13+. The maximum Gasteiger partial charge on any atom is 0.270 e. The highest BCUT2D eigenvalue weighted by Gasteiger charge is 2.15. The number of amides is 1. The molecule has 2 N–H and O–H groups in total. The molecule has 1 aliphatic rings. The number of nitrogens with zero attached hydrogens (tertiary/aromatic N) is 1. The van der Waals surface area contributed by atoms with Crippen molar-refractivity contribution in [2.24, 2.45) is 0 Å². The Morgan fingerprint density at radius 1 is 1.06 bits per heavy atom. The minimum Gasteiger partial charge on any atom is -0.305 e. The number of fused-ring (bicyclic) bond motifs is 1. The van der Waals surface area contributed by atoms with Crippen LogP contribution in [0.15, 0.2) is 87.5 Å². The predicted molar refractivity (Wildman–Crippen MR) is 135 cm³/mol. The molecule has 8 heteroatoms. The third-order valence-electron chi connectivity index (χ3n) is 4.81. The summed E-state index contributed by atoms with van der Waals surface area (Å²) in [5, 5.41) is 1.37. The quantitative estimate of drug-likeness (QED) is 0.365. The van der Waals surface area contributed by atoms with E-state index in [0.717, 1.165) is 16.5 Å². The molecule has 4 rings (SSSR count). The summed E-state index contributed by atoms with van der Waals surface area (Å²) >= 11 is 12.5. The molecular weight excluding hydrogens is 558 g/mol. The van der Waals surface area contributed by atoms with Crippen molar-refractivity contribution >= 4 is 66.1 Å². The van der Waals surface area contributed by atoms with E-state index in [2.05, 4.69) is 42.7 Å². The number of halogens is 3. The van der Waals surface area contributed by atoms with Crippen LogP contribution < -0.4 is 10.9 Å². The van der Waals surface area contributed by atoms with Crippen molar-refractivity contribution in [1.29, 1.82) is 0 Å². The summed E-state index contributed by atoms with van der Waals surface area (Å²) in [5.41, 5.74) is 9.11. The first-order valence-corrected chi connectivity index (χ1v) is 11.6. The maximum absolute atomic E-state index is 13.0. The minimum absolute atomic E-state index is 0.129. The molecule has 0 spiro atoms. The van der Waals surface area contributed by atoms with Gasteiger partial charge in [-0.15, -0.1) is 0 Å². The third-order valence-corrected chi connectivity index (χ3v) is 6.33. The smallest absolute Gasteiger partial charge is 0.270 e. The molecule has 1 heterocycles. The summed E-state index contributed by atoms with van der Waals surface area (Å²) in [7, 11) is 0. The average molecular weight is 574 g/mol. The van der Waals surface area contributed by atoms with E-state index in [1.54, 1.807) is 36.6 Å². The fourth-order valence-corrected chi connectivity index (χ4v) is 4.47. The monoisotopic (exact) mass is 571 g/mol. The van der Waals surface area contributed by atoms with E-state index in [-0.39, 0.29) is 11.7 Å². The summed E-state index contributed by atoms with van der Waals surface area (Å²) in [4.78, 5) is 29.7. The summed E-state index contributed by atoms with van der Waals surface area (Å²) in [6, 6.07) is 16.6. The van der Waals surface area contributed by atoms with Gasteiger partial charge in [-0.2, -0.15) is 0 Å². The van der Waals surface area contributed by atoms with Gasteiger partial charge in [0.15, 0.2) is 0 Å². The zero-order valence-corrected chi connectivity index (χ0v) is 20.5. The van der Waals surface area contributed by atoms with Gasteiger partial charge in [-0.25, -0.2) is 4.98 Å². The van der Waals surface area contributed by atoms with Crippen LogP contribution in [-0.4, -0.2) is 16.7 Å². The maximum atomic E-state index is 13.0. The van der Waals surface area contributed by atoms with Crippen molar-refractivity contribution in [3.05, 3.63) is 98.1 Å². The first-order chi connectivity index (χ1) is 15.4. The molecule has 1 aromatic heterocycles. The van der Waals surface area contributed by atoms with Crippen LogP contribution in [0.2, 0.25) is 5.02 Å². The van der Waals surface area contributed by atoms with E-state index >= 15 is 0 Å². The molecule has 32 heavy (non-hydrogen) atoms. The molecule has 160 valence electrons.